The molecule has 0 aliphatic heterocycles. The van der Waals surface area contributed by atoms with Crippen molar-refractivity contribution in [2.24, 2.45) is 5.92 Å². The molecule has 1 saturated carbocycles. The highest BCUT2D eigenvalue weighted by Gasteiger charge is 2.52. The lowest BCUT2D eigenvalue weighted by Gasteiger charge is -2.17. The number of nitrogens with one attached hydrogen (secondary N) is 1. The van der Waals surface area contributed by atoms with E-state index in [4.69, 9.17) is 23.2 Å². The number of aryl methyl sites for hydroxylation is 1. The molecule has 4 aromatic rings. The van der Waals surface area contributed by atoms with Crippen molar-refractivity contribution in [2.45, 2.75) is 51.4 Å². The van der Waals surface area contributed by atoms with Gasteiger partial charge < -0.3 is 10.4 Å². The highest BCUT2D eigenvalue weighted by atomic mass is 35.5. The highest BCUT2D eigenvalue weighted by Crippen LogP contribution is 2.51. The van der Waals surface area contributed by atoms with Gasteiger partial charge in [0, 0.05) is 27.7 Å². The van der Waals surface area contributed by atoms with E-state index < -0.39 is 17.3 Å². The molecule has 7 heteroatoms. The number of Topliss-reactive ketones (excluding diaryl/α,β-unsaturated/α-hetero) is 1. The van der Waals surface area contributed by atoms with Gasteiger partial charge in [-0.15, -0.1) is 0 Å². The Hall–Kier alpha value is -3.93. The Morgan fingerprint density at radius 2 is 1.44 bits per heavy atom. The van der Waals surface area contributed by atoms with Gasteiger partial charge in [-0.1, -0.05) is 110 Å². The van der Waals surface area contributed by atoms with Crippen LogP contribution in [-0.4, -0.2) is 22.8 Å². The summed E-state index contributed by atoms with van der Waals surface area (Å²) in [5.41, 5.74) is 4.21. The first kappa shape index (κ1) is 32.0. The Morgan fingerprint density at radius 3 is 2.00 bits per heavy atom. The zero-order valence-corrected chi connectivity index (χ0v) is 25.8. The molecule has 0 saturated heterocycles. The molecule has 1 aliphatic rings. The summed E-state index contributed by atoms with van der Waals surface area (Å²) >= 11 is 12.4. The van der Waals surface area contributed by atoms with Gasteiger partial charge in [0.2, 0.25) is 5.91 Å². The summed E-state index contributed by atoms with van der Waals surface area (Å²) in [6.07, 6.45) is 2.42. The maximum Gasteiger partial charge on any atom is 0.306 e. The fourth-order valence-electron chi connectivity index (χ4n) is 5.11. The number of carboxylic acid groups (broad SMARTS) is 1. The first-order valence-electron chi connectivity index (χ1n) is 14.5. The number of halogens is 2. The summed E-state index contributed by atoms with van der Waals surface area (Å²) in [5.74, 6) is -1.98. The number of carbonyl (C=O) groups excluding carboxylic acids is 2. The number of aliphatic carboxylic acids is 1. The topological polar surface area (TPSA) is 83.5 Å². The van der Waals surface area contributed by atoms with Crippen LogP contribution >= 0.6 is 23.2 Å². The van der Waals surface area contributed by atoms with E-state index in [0.29, 0.717) is 34.1 Å². The molecule has 1 aliphatic carbocycles. The van der Waals surface area contributed by atoms with Crippen LogP contribution in [0.5, 0.6) is 0 Å². The molecule has 222 valence electrons. The van der Waals surface area contributed by atoms with Gasteiger partial charge in [-0.2, -0.15) is 0 Å². The van der Waals surface area contributed by atoms with Crippen molar-refractivity contribution >= 4 is 46.5 Å². The van der Waals surface area contributed by atoms with E-state index >= 15 is 0 Å². The molecule has 4 aromatic carbocycles. The number of amides is 1. The van der Waals surface area contributed by atoms with Crippen LogP contribution in [-0.2, 0) is 21.4 Å². The lowest BCUT2D eigenvalue weighted by atomic mass is 9.92. The fraction of sp³-hybridized carbons (Fsp3) is 0.250. The minimum Gasteiger partial charge on any atom is -0.481 e. The zero-order valence-electron chi connectivity index (χ0n) is 24.3. The second-order valence-electron chi connectivity index (χ2n) is 10.5. The summed E-state index contributed by atoms with van der Waals surface area (Å²) in [5, 5.41) is 13.7. The minimum absolute atomic E-state index is 0.0430. The van der Waals surface area contributed by atoms with Gasteiger partial charge in [0.25, 0.3) is 0 Å². The molecule has 2 N–H and O–H groups in total. The predicted octanol–water partition coefficient (Wildman–Crippen LogP) is 9.26. The van der Waals surface area contributed by atoms with Crippen molar-refractivity contribution < 1.29 is 19.5 Å². The SMILES string of the molecule is CC.O=C(CC(CCc1ccccc1)C(=O)O)c1ccc(-c2ccc(NC(=O)C3(c4ccc(Cl)cc4Cl)CC3)cc2)cc1. The van der Waals surface area contributed by atoms with E-state index in [2.05, 4.69) is 5.32 Å². The van der Waals surface area contributed by atoms with Crippen LogP contribution in [0.4, 0.5) is 5.69 Å². The van der Waals surface area contributed by atoms with Gasteiger partial charge in [-0.25, -0.2) is 0 Å². The van der Waals surface area contributed by atoms with Crippen LogP contribution in [0.1, 0.15) is 61.0 Å². The van der Waals surface area contributed by atoms with Crippen LogP contribution in [0.15, 0.2) is 97.1 Å². The molecule has 0 spiro atoms. The van der Waals surface area contributed by atoms with Gasteiger partial charge in [-0.3, -0.25) is 14.4 Å². The predicted molar refractivity (Wildman–Crippen MR) is 174 cm³/mol. The second kappa shape index (κ2) is 14.5. The third kappa shape index (κ3) is 7.92. The van der Waals surface area contributed by atoms with Crippen molar-refractivity contribution in [3.63, 3.8) is 0 Å². The molecule has 5 nitrogen and oxygen atoms in total. The van der Waals surface area contributed by atoms with E-state index in [1.807, 2.05) is 86.6 Å². The molecule has 1 fully saturated rings. The van der Waals surface area contributed by atoms with E-state index in [1.54, 1.807) is 24.3 Å². The molecule has 5 rings (SSSR count). The van der Waals surface area contributed by atoms with Crippen molar-refractivity contribution in [3.8, 4) is 11.1 Å². The quantitative estimate of drug-likeness (QED) is 0.165. The number of rotatable bonds is 11. The van der Waals surface area contributed by atoms with Crippen LogP contribution in [0.25, 0.3) is 11.1 Å². The molecule has 0 heterocycles. The largest absolute Gasteiger partial charge is 0.481 e. The summed E-state index contributed by atoms with van der Waals surface area (Å²) in [4.78, 5) is 37.8. The number of carbonyl (C=O) groups is 3. The Morgan fingerprint density at radius 1 is 0.837 bits per heavy atom. The maximum absolute atomic E-state index is 13.2. The van der Waals surface area contributed by atoms with Crippen molar-refractivity contribution in [3.05, 3.63) is 124 Å². The number of ketones is 1. The third-order valence-electron chi connectivity index (χ3n) is 7.72. The molecule has 1 amide bonds. The Bertz CT molecular complexity index is 1560. The Kier molecular flexibility index (Phi) is 10.8. The van der Waals surface area contributed by atoms with Crippen LogP contribution in [0, 0.1) is 5.92 Å². The second-order valence-corrected chi connectivity index (χ2v) is 11.3. The molecule has 0 radical (unpaired) electrons. The van der Waals surface area contributed by atoms with E-state index in [1.165, 1.54) is 0 Å². The number of hydrogen-bond acceptors (Lipinski definition) is 3. The third-order valence-corrected chi connectivity index (χ3v) is 8.27. The van der Waals surface area contributed by atoms with E-state index in [-0.39, 0.29) is 18.1 Å². The smallest absolute Gasteiger partial charge is 0.306 e. The lowest BCUT2D eigenvalue weighted by Crippen LogP contribution is -2.28. The average molecular weight is 617 g/mol. The number of anilines is 1. The van der Waals surface area contributed by atoms with Crippen molar-refractivity contribution in [1.82, 2.24) is 0 Å². The first-order chi connectivity index (χ1) is 20.7. The van der Waals surface area contributed by atoms with Crippen molar-refractivity contribution in [1.29, 1.82) is 0 Å². The summed E-state index contributed by atoms with van der Waals surface area (Å²) in [7, 11) is 0. The van der Waals surface area contributed by atoms with E-state index in [0.717, 1.165) is 35.1 Å². The average Bonchev–Trinajstić information content (AvgIpc) is 3.83. The van der Waals surface area contributed by atoms with Gasteiger partial charge in [0.1, 0.15) is 0 Å². The fourth-order valence-corrected chi connectivity index (χ4v) is 5.70. The molecular formula is C36H35Cl2NO4. The standard InChI is InChI=1S/C34H29Cl2NO4.C2H6/c35-27-14-17-29(30(36)21-27)34(18-19-34)33(41)37-28-15-12-24(13-16-28)23-8-10-25(11-9-23)31(38)20-26(32(39)40)7-6-22-4-2-1-3-5-22;1-2/h1-5,8-17,21,26H,6-7,18-20H2,(H,37,41)(H,39,40);1-2H3. The minimum atomic E-state index is -0.957. The summed E-state index contributed by atoms with van der Waals surface area (Å²) in [6.45, 7) is 4.00. The number of benzene rings is 4. The molecule has 43 heavy (non-hydrogen) atoms. The number of hydrogen-bond donors (Lipinski definition) is 2. The summed E-state index contributed by atoms with van der Waals surface area (Å²) in [6, 6.07) is 29.6. The van der Waals surface area contributed by atoms with Gasteiger partial charge in [0.05, 0.1) is 11.3 Å². The van der Waals surface area contributed by atoms with E-state index in [9.17, 15) is 19.5 Å². The van der Waals surface area contributed by atoms with Gasteiger partial charge >= 0.3 is 5.97 Å². The maximum atomic E-state index is 13.2. The molecule has 1 unspecified atom stereocenters. The van der Waals surface area contributed by atoms with Crippen LogP contribution < -0.4 is 5.32 Å². The monoisotopic (exact) mass is 615 g/mol. The Labute approximate surface area is 262 Å². The van der Waals surface area contributed by atoms with Gasteiger partial charge in [-0.05, 0) is 72.2 Å². The number of carboxylic acids is 1. The first-order valence-corrected chi connectivity index (χ1v) is 15.3. The van der Waals surface area contributed by atoms with Crippen molar-refractivity contribution in [2.75, 3.05) is 5.32 Å². The van der Waals surface area contributed by atoms with Gasteiger partial charge in [0.15, 0.2) is 5.78 Å². The van der Waals surface area contributed by atoms with Crippen LogP contribution in [0.2, 0.25) is 10.0 Å². The Balaban J connectivity index is 0.00000207. The molecular weight excluding hydrogens is 581 g/mol. The normalized spacial score (nSPS) is 13.7. The molecule has 1 atom stereocenters. The molecule has 0 bridgehead atoms. The lowest BCUT2D eigenvalue weighted by molar-refractivity contribution is -0.141. The molecule has 0 aromatic heterocycles. The van der Waals surface area contributed by atoms with Crippen LogP contribution in [0.3, 0.4) is 0 Å². The summed E-state index contributed by atoms with van der Waals surface area (Å²) < 4.78 is 0. The zero-order chi connectivity index (χ0) is 31.0. The highest BCUT2D eigenvalue weighted by molar-refractivity contribution is 6.35.